The average Bonchev–Trinajstić information content (AvgIpc) is 1.88. The van der Waals surface area contributed by atoms with E-state index in [1.807, 2.05) is 6.92 Å². The van der Waals surface area contributed by atoms with Gasteiger partial charge in [0.05, 0.1) is 12.0 Å². The predicted molar refractivity (Wildman–Crippen MR) is 40.3 cm³/mol. The first-order valence-electron chi connectivity index (χ1n) is 3.38. The highest BCUT2D eigenvalue weighted by Crippen LogP contribution is 2.13. The Morgan fingerprint density at radius 3 is 2.10 bits per heavy atom. The van der Waals surface area contributed by atoms with Crippen molar-refractivity contribution in [1.82, 2.24) is 0 Å². The monoisotopic (exact) mass is 142 g/mol. The largest absolute Gasteiger partial charge is 0.396 e. The van der Waals surface area contributed by atoms with E-state index in [-0.39, 0.29) is 18.4 Å². The number of rotatable bonds is 3. The van der Waals surface area contributed by atoms with Crippen LogP contribution in [0.2, 0.25) is 0 Å². The molecule has 0 fully saturated rings. The summed E-state index contributed by atoms with van der Waals surface area (Å²) >= 11 is 0. The third kappa shape index (κ3) is 2.38. The number of aliphatic hydroxyl groups excluding tert-OH is 2. The Balaban J connectivity index is 3.96. The Bertz CT molecular complexity index is 124. The maximum Gasteiger partial charge on any atom is 0.0652 e. The molecule has 0 amide bonds. The molecule has 0 bridgehead atoms. The molecule has 0 aliphatic carbocycles. The van der Waals surface area contributed by atoms with Crippen LogP contribution >= 0.6 is 0 Å². The van der Waals surface area contributed by atoms with Gasteiger partial charge in [-0.2, -0.15) is 0 Å². The van der Waals surface area contributed by atoms with Crippen molar-refractivity contribution in [3.63, 3.8) is 0 Å². The fourth-order valence-electron chi connectivity index (χ4n) is 0.893. The molecule has 0 radical (unpaired) electrons. The van der Waals surface area contributed by atoms with Crippen LogP contribution in [0.5, 0.6) is 0 Å². The van der Waals surface area contributed by atoms with Crippen molar-refractivity contribution in [1.29, 1.82) is 0 Å². The van der Waals surface area contributed by atoms with Crippen LogP contribution in [0, 0.1) is 24.2 Å². The molecule has 3 atom stereocenters. The van der Waals surface area contributed by atoms with Crippen molar-refractivity contribution in [2.45, 2.75) is 20.0 Å². The van der Waals surface area contributed by atoms with E-state index in [1.54, 1.807) is 6.92 Å². The second kappa shape index (κ2) is 4.32. The maximum absolute atomic E-state index is 9.06. The third-order valence-electron chi connectivity index (χ3n) is 1.61. The van der Waals surface area contributed by atoms with E-state index in [0.29, 0.717) is 0 Å². The second-order valence-electron chi connectivity index (χ2n) is 2.59. The first kappa shape index (κ1) is 9.48. The van der Waals surface area contributed by atoms with Gasteiger partial charge < -0.3 is 10.2 Å². The molecule has 0 aromatic heterocycles. The summed E-state index contributed by atoms with van der Waals surface area (Å²) in [5.74, 6) is 2.19. The van der Waals surface area contributed by atoms with Gasteiger partial charge >= 0.3 is 0 Å². The van der Waals surface area contributed by atoms with Crippen molar-refractivity contribution < 1.29 is 10.2 Å². The molecule has 10 heavy (non-hydrogen) atoms. The van der Waals surface area contributed by atoms with Crippen molar-refractivity contribution in [2.24, 2.45) is 11.8 Å². The van der Waals surface area contributed by atoms with Crippen LogP contribution in [0.4, 0.5) is 0 Å². The molecule has 0 saturated heterocycles. The molecule has 0 rings (SSSR count). The van der Waals surface area contributed by atoms with Gasteiger partial charge in [-0.25, -0.2) is 0 Å². The summed E-state index contributed by atoms with van der Waals surface area (Å²) in [5, 5.41) is 17.7. The molecule has 2 heteroatoms. The zero-order chi connectivity index (χ0) is 8.15. The molecule has 2 N–H and O–H groups in total. The van der Waals surface area contributed by atoms with Gasteiger partial charge in [0.15, 0.2) is 0 Å². The molecule has 0 aliphatic rings. The third-order valence-corrected chi connectivity index (χ3v) is 1.61. The van der Waals surface area contributed by atoms with E-state index in [1.165, 1.54) is 0 Å². The molecular weight excluding hydrogens is 128 g/mol. The van der Waals surface area contributed by atoms with Crippen LogP contribution in [0.15, 0.2) is 0 Å². The number of hydrogen-bond acceptors (Lipinski definition) is 2. The highest BCUT2D eigenvalue weighted by Gasteiger charge is 2.18. The van der Waals surface area contributed by atoms with E-state index >= 15 is 0 Å². The van der Waals surface area contributed by atoms with E-state index in [4.69, 9.17) is 16.6 Å². The number of aliphatic hydroxyl groups is 2. The van der Waals surface area contributed by atoms with E-state index in [2.05, 4.69) is 5.92 Å². The van der Waals surface area contributed by atoms with Gasteiger partial charge in [0.25, 0.3) is 0 Å². The first-order chi connectivity index (χ1) is 4.63. The topological polar surface area (TPSA) is 40.5 Å². The first-order valence-corrected chi connectivity index (χ1v) is 3.38. The summed E-state index contributed by atoms with van der Waals surface area (Å²) in [4.78, 5) is 0. The van der Waals surface area contributed by atoms with Gasteiger partial charge in [0.2, 0.25) is 0 Å². The van der Waals surface area contributed by atoms with Crippen molar-refractivity contribution >= 4 is 0 Å². The van der Waals surface area contributed by atoms with E-state index < -0.39 is 6.10 Å². The van der Waals surface area contributed by atoms with Crippen molar-refractivity contribution in [3.05, 3.63) is 0 Å². The standard InChI is InChI=1S/C8H14O2/c1-4-8(7(3)10)6(2)5-9/h1,6-10H,5H2,2-3H3. The summed E-state index contributed by atoms with van der Waals surface area (Å²) in [5.41, 5.74) is 0. The highest BCUT2D eigenvalue weighted by atomic mass is 16.3. The molecular formula is C8H14O2. The molecule has 0 spiro atoms. The summed E-state index contributed by atoms with van der Waals surface area (Å²) in [6.07, 6.45) is 4.59. The molecule has 58 valence electrons. The van der Waals surface area contributed by atoms with Gasteiger partial charge in [-0.15, -0.1) is 12.3 Å². The van der Waals surface area contributed by atoms with Gasteiger partial charge in [-0.1, -0.05) is 6.92 Å². The molecule has 0 aromatic carbocycles. The van der Waals surface area contributed by atoms with E-state index in [0.717, 1.165) is 0 Å². The normalized spacial score (nSPS) is 19.1. The van der Waals surface area contributed by atoms with Gasteiger partial charge in [0, 0.05) is 6.61 Å². The van der Waals surface area contributed by atoms with Crippen LogP contribution in [0.3, 0.4) is 0 Å². The Morgan fingerprint density at radius 1 is 1.50 bits per heavy atom. The molecule has 0 heterocycles. The highest BCUT2D eigenvalue weighted by molar-refractivity contribution is 4.97. The second-order valence-corrected chi connectivity index (χ2v) is 2.59. The molecule has 0 aromatic rings. The van der Waals surface area contributed by atoms with Gasteiger partial charge in [0.1, 0.15) is 0 Å². The average molecular weight is 142 g/mol. The zero-order valence-electron chi connectivity index (χ0n) is 6.41. The van der Waals surface area contributed by atoms with E-state index in [9.17, 15) is 0 Å². The Kier molecular flexibility index (Phi) is 4.10. The Labute approximate surface area is 61.9 Å². The lowest BCUT2D eigenvalue weighted by Gasteiger charge is -2.18. The molecule has 0 saturated carbocycles. The summed E-state index contributed by atoms with van der Waals surface area (Å²) in [7, 11) is 0. The zero-order valence-corrected chi connectivity index (χ0v) is 6.41. The van der Waals surface area contributed by atoms with Crippen molar-refractivity contribution in [3.8, 4) is 12.3 Å². The van der Waals surface area contributed by atoms with Gasteiger partial charge in [-0.05, 0) is 12.8 Å². The van der Waals surface area contributed by atoms with Crippen LogP contribution in [-0.4, -0.2) is 22.9 Å². The molecule has 2 nitrogen and oxygen atoms in total. The lowest BCUT2D eigenvalue weighted by atomic mass is 9.91. The maximum atomic E-state index is 9.06. The minimum Gasteiger partial charge on any atom is -0.396 e. The Hall–Kier alpha value is -0.520. The molecule has 3 unspecified atom stereocenters. The minimum atomic E-state index is -0.535. The fourth-order valence-corrected chi connectivity index (χ4v) is 0.893. The summed E-state index contributed by atoms with van der Waals surface area (Å²) in [6, 6.07) is 0. The Morgan fingerprint density at radius 2 is 2.00 bits per heavy atom. The minimum absolute atomic E-state index is 0.0231. The SMILES string of the molecule is C#CC(C(C)O)C(C)CO. The lowest BCUT2D eigenvalue weighted by Crippen LogP contribution is -2.24. The fraction of sp³-hybridized carbons (Fsp3) is 0.750. The summed E-state index contributed by atoms with van der Waals surface area (Å²) in [6.45, 7) is 3.48. The lowest BCUT2D eigenvalue weighted by molar-refractivity contribution is 0.0979. The van der Waals surface area contributed by atoms with Crippen molar-refractivity contribution in [2.75, 3.05) is 6.61 Å². The smallest absolute Gasteiger partial charge is 0.0652 e. The molecule has 0 aliphatic heterocycles. The van der Waals surface area contributed by atoms with Crippen LogP contribution in [0.1, 0.15) is 13.8 Å². The van der Waals surface area contributed by atoms with Crippen LogP contribution in [0.25, 0.3) is 0 Å². The predicted octanol–water partition coefficient (Wildman–Crippen LogP) is 0.245. The summed E-state index contributed by atoms with van der Waals surface area (Å²) < 4.78 is 0. The number of terminal acetylenes is 1. The van der Waals surface area contributed by atoms with Crippen LogP contribution < -0.4 is 0 Å². The number of hydrogen-bond donors (Lipinski definition) is 2. The quantitative estimate of drug-likeness (QED) is 0.554. The van der Waals surface area contributed by atoms with Crippen LogP contribution in [-0.2, 0) is 0 Å². The van der Waals surface area contributed by atoms with Gasteiger partial charge in [-0.3, -0.25) is 0 Å².